The van der Waals surface area contributed by atoms with Crippen molar-refractivity contribution in [1.29, 1.82) is 0 Å². The average molecular weight is 255 g/mol. The van der Waals surface area contributed by atoms with Crippen LogP contribution in [0.25, 0.3) is 0 Å². The van der Waals surface area contributed by atoms with Gasteiger partial charge in [-0.3, -0.25) is 4.90 Å². The molecule has 3 nitrogen and oxygen atoms in total. The highest BCUT2D eigenvalue weighted by molar-refractivity contribution is 6.30. The Bertz CT molecular complexity index is 372. The lowest BCUT2D eigenvalue weighted by molar-refractivity contribution is 0.200. The van der Waals surface area contributed by atoms with E-state index in [1.165, 1.54) is 0 Å². The van der Waals surface area contributed by atoms with Crippen LogP contribution in [0.5, 0.6) is 5.75 Å². The lowest BCUT2D eigenvalue weighted by Gasteiger charge is -2.22. The number of nitrogens with two attached hydrogens (primary N) is 1. The molecular weight excluding hydrogens is 236 g/mol. The van der Waals surface area contributed by atoms with Gasteiger partial charge in [0.25, 0.3) is 0 Å². The molecular formula is C13H19ClN2O. The Morgan fingerprint density at radius 2 is 2.35 bits per heavy atom. The van der Waals surface area contributed by atoms with E-state index in [1.54, 1.807) is 0 Å². The van der Waals surface area contributed by atoms with Crippen LogP contribution in [0.1, 0.15) is 13.3 Å². The van der Waals surface area contributed by atoms with E-state index in [1.807, 2.05) is 24.3 Å². The minimum atomic E-state index is 0.307. The van der Waals surface area contributed by atoms with Crippen LogP contribution < -0.4 is 10.5 Å². The Morgan fingerprint density at radius 3 is 3.00 bits per heavy atom. The van der Waals surface area contributed by atoms with Crippen LogP contribution in [0, 0.1) is 0 Å². The van der Waals surface area contributed by atoms with Gasteiger partial charge in [-0.2, -0.15) is 0 Å². The summed E-state index contributed by atoms with van der Waals surface area (Å²) >= 11 is 5.89. The summed E-state index contributed by atoms with van der Waals surface area (Å²) in [4.78, 5) is 2.37. The summed E-state index contributed by atoms with van der Waals surface area (Å²) in [6.45, 7) is 4.84. The van der Waals surface area contributed by atoms with Gasteiger partial charge >= 0.3 is 0 Å². The van der Waals surface area contributed by atoms with Crippen LogP contribution in [-0.2, 0) is 0 Å². The summed E-state index contributed by atoms with van der Waals surface area (Å²) in [5.41, 5.74) is 5.97. The summed E-state index contributed by atoms with van der Waals surface area (Å²) in [5, 5.41) is 0.707. The fraction of sp³-hybridized carbons (Fsp3) is 0.538. The second kappa shape index (κ2) is 5.71. The van der Waals surface area contributed by atoms with E-state index >= 15 is 0 Å². The molecule has 0 radical (unpaired) electrons. The summed E-state index contributed by atoms with van der Waals surface area (Å²) in [5.74, 6) is 0.827. The molecule has 0 amide bonds. The molecule has 1 aromatic rings. The maximum atomic E-state index is 5.97. The Kier molecular flexibility index (Phi) is 4.26. The molecule has 2 unspecified atom stereocenters. The van der Waals surface area contributed by atoms with Gasteiger partial charge in [0.2, 0.25) is 0 Å². The van der Waals surface area contributed by atoms with E-state index in [2.05, 4.69) is 11.8 Å². The van der Waals surface area contributed by atoms with E-state index < -0.39 is 0 Å². The first-order valence-electron chi connectivity index (χ1n) is 6.05. The lowest BCUT2D eigenvalue weighted by atomic mass is 10.2. The predicted octanol–water partition coefficient (Wildman–Crippen LogP) is 2.14. The summed E-state index contributed by atoms with van der Waals surface area (Å²) in [6.07, 6.45) is 1.08. The molecule has 17 heavy (non-hydrogen) atoms. The number of benzene rings is 1. The molecule has 2 atom stereocenters. The maximum absolute atomic E-state index is 5.97. The number of halogens is 1. The van der Waals surface area contributed by atoms with Crippen molar-refractivity contribution in [2.75, 3.05) is 19.7 Å². The Balaban J connectivity index is 1.76. The first kappa shape index (κ1) is 12.7. The number of hydrogen-bond donors (Lipinski definition) is 1. The highest BCUT2D eigenvalue weighted by atomic mass is 35.5. The Morgan fingerprint density at radius 1 is 1.53 bits per heavy atom. The minimum absolute atomic E-state index is 0.307. The van der Waals surface area contributed by atoms with Crippen LogP contribution in [0.4, 0.5) is 0 Å². The van der Waals surface area contributed by atoms with E-state index in [9.17, 15) is 0 Å². The molecule has 1 heterocycles. The molecule has 0 saturated carbocycles. The van der Waals surface area contributed by atoms with Gasteiger partial charge in [0.05, 0.1) is 0 Å². The number of rotatable bonds is 4. The molecule has 2 rings (SSSR count). The lowest BCUT2D eigenvalue weighted by Crippen LogP contribution is -2.38. The molecule has 4 heteroatoms. The fourth-order valence-corrected chi connectivity index (χ4v) is 2.36. The maximum Gasteiger partial charge on any atom is 0.120 e. The van der Waals surface area contributed by atoms with Crippen LogP contribution in [0.2, 0.25) is 5.02 Å². The van der Waals surface area contributed by atoms with Crippen molar-refractivity contribution in [3.8, 4) is 5.75 Å². The van der Waals surface area contributed by atoms with Gasteiger partial charge in [0.15, 0.2) is 0 Å². The van der Waals surface area contributed by atoms with Crippen molar-refractivity contribution >= 4 is 11.6 Å². The normalized spacial score (nSPS) is 25.1. The molecule has 0 aromatic heterocycles. The SMILES string of the molecule is CC1C(N)CCN1CCOc1cccc(Cl)c1. The third-order valence-electron chi connectivity index (χ3n) is 3.39. The number of likely N-dealkylation sites (tertiary alicyclic amines) is 1. The van der Waals surface area contributed by atoms with Crippen molar-refractivity contribution in [3.05, 3.63) is 29.3 Å². The van der Waals surface area contributed by atoms with Crippen LogP contribution >= 0.6 is 11.6 Å². The quantitative estimate of drug-likeness (QED) is 0.895. The molecule has 2 N–H and O–H groups in total. The van der Waals surface area contributed by atoms with Crippen molar-refractivity contribution in [2.24, 2.45) is 5.73 Å². The van der Waals surface area contributed by atoms with Crippen molar-refractivity contribution in [1.82, 2.24) is 4.90 Å². The molecule has 94 valence electrons. The van der Waals surface area contributed by atoms with Gasteiger partial charge in [0.1, 0.15) is 12.4 Å². The second-order valence-electron chi connectivity index (χ2n) is 4.53. The highest BCUT2D eigenvalue weighted by Gasteiger charge is 2.27. The molecule has 0 bridgehead atoms. The van der Waals surface area contributed by atoms with Gasteiger partial charge in [0, 0.05) is 30.2 Å². The molecule has 1 fully saturated rings. The van der Waals surface area contributed by atoms with E-state index in [-0.39, 0.29) is 0 Å². The van der Waals surface area contributed by atoms with Crippen LogP contribution in [0.15, 0.2) is 24.3 Å². The Hall–Kier alpha value is -0.770. The number of ether oxygens (including phenoxy) is 1. The van der Waals surface area contributed by atoms with Crippen LogP contribution in [-0.4, -0.2) is 36.7 Å². The zero-order valence-corrected chi connectivity index (χ0v) is 10.9. The standard InChI is InChI=1S/C13H19ClN2O/c1-10-13(15)5-6-16(10)7-8-17-12-4-2-3-11(14)9-12/h2-4,9-10,13H,5-8,15H2,1H3. The van der Waals surface area contributed by atoms with Gasteiger partial charge in [-0.25, -0.2) is 0 Å². The molecule has 1 aliphatic rings. The fourth-order valence-electron chi connectivity index (χ4n) is 2.18. The van der Waals surface area contributed by atoms with Gasteiger partial charge in [-0.05, 0) is 31.5 Å². The Labute approximate surface area is 107 Å². The third kappa shape index (κ3) is 3.35. The van der Waals surface area contributed by atoms with Gasteiger partial charge < -0.3 is 10.5 Å². The highest BCUT2D eigenvalue weighted by Crippen LogP contribution is 2.18. The predicted molar refractivity (Wildman–Crippen MR) is 70.6 cm³/mol. The second-order valence-corrected chi connectivity index (χ2v) is 4.97. The zero-order valence-electron chi connectivity index (χ0n) is 10.1. The molecule has 0 aliphatic carbocycles. The molecule has 1 saturated heterocycles. The number of nitrogens with zero attached hydrogens (tertiary/aromatic N) is 1. The minimum Gasteiger partial charge on any atom is -0.492 e. The van der Waals surface area contributed by atoms with Crippen molar-refractivity contribution in [3.63, 3.8) is 0 Å². The number of hydrogen-bond acceptors (Lipinski definition) is 3. The summed E-state index contributed by atoms with van der Waals surface area (Å²) in [7, 11) is 0. The third-order valence-corrected chi connectivity index (χ3v) is 3.62. The first-order valence-corrected chi connectivity index (χ1v) is 6.42. The topological polar surface area (TPSA) is 38.5 Å². The summed E-state index contributed by atoms with van der Waals surface area (Å²) < 4.78 is 5.67. The molecule has 0 spiro atoms. The van der Waals surface area contributed by atoms with Crippen molar-refractivity contribution in [2.45, 2.75) is 25.4 Å². The molecule has 1 aliphatic heterocycles. The van der Waals surface area contributed by atoms with Gasteiger partial charge in [-0.1, -0.05) is 17.7 Å². The van der Waals surface area contributed by atoms with Crippen molar-refractivity contribution < 1.29 is 4.74 Å². The smallest absolute Gasteiger partial charge is 0.120 e. The van der Waals surface area contributed by atoms with Gasteiger partial charge in [-0.15, -0.1) is 0 Å². The monoisotopic (exact) mass is 254 g/mol. The van der Waals surface area contributed by atoms with E-state index in [0.717, 1.165) is 25.3 Å². The first-order chi connectivity index (χ1) is 8.16. The summed E-state index contributed by atoms with van der Waals surface area (Å²) in [6, 6.07) is 8.26. The van der Waals surface area contributed by atoms with Crippen LogP contribution in [0.3, 0.4) is 0 Å². The average Bonchev–Trinajstić information content (AvgIpc) is 2.61. The zero-order chi connectivity index (χ0) is 12.3. The van der Waals surface area contributed by atoms with E-state index in [0.29, 0.717) is 23.7 Å². The van der Waals surface area contributed by atoms with E-state index in [4.69, 9.17) is 22.1 Å². The molecule has 1 aromatic carbocycles. The largest absolute Gasteiger partial charge is 0.492 e.